The highest BCUT2D eigenvalue weighted by atomic mass is 35.5. The third-order valence-electron chi connectivity index (χ3n) is 4.89. The van der Waals surface area contributed by atoms with E-state index in [9.17, 15) is 22.8 Å². The Morgan fingerprint density at radius 2 is 1.76 bits per heavy atom. The molecule has 0 amide bonds. The molecule has 1 aromatic carbocycles. The lowest BCUT2D eigenvalue weighted by Crippen LogP contribution is -2.27. The molecule has 11 nitrogen and oxygen atoms in total. The van der Waals surface area contributed by atoms with Gasteiger partial charge in [0.05, 0.1) is 6.61 Å². The fraction of sp³-hybridized carbons (Fsp3) is 0.500. The van der Waals surface area contributed by atoms with Crippen molar-refractivity contribution in [2.24, 2.45) is 0 Å². The maximum Gasteiger partial charge on any atom is 0.355 e. The number of hydrogen-bond donors (Lipinski definition) is 2. The van der Waals surface area contributed by atoms with Crippen LogP contribution >= 0.6 is 34.8 Å². The Bertz CT molecular complexity index is 1410. The van der Waals surface area contributed by atoms with Crippen LogP contribution in [-0.2, 0) is 16.0 Å². The highest BCUT2D eigenvalue weighted by Crippen LogP contribution is 2.25. The molecule has 2 aromatic heterocycles. The number of nitrogens with one attached hydrogen (secondary N) is 2. The highest BCUT2D eigenvalue weighted by molar-refractivity contribution is 6.32. The van der Waals surface area contributed by atoms with Crippen molar-refractivity contribution in [3.05, 3.63) is 50.1 Å². The Labute approximate surface area is 249 Å². The minimum atomic E-state index is -3.12. The van der Waals surface area contributed by atoms with E-state index in [2.05, 4.69) is 30.7 Å². The number of rotatable bonds is 9. The number of nitrogens with zero attached hydrogens (tertiary/aromatic N) is 6. The maximum absolute atomic E-state index is 14.2. The third-order valence-corrected chi connectivity index (χ3v) is 5.74. The van der Waals surface area contributed by atoms with E-state index in [1.54, 1.807) is 6.92 Å². The van der Waals surface area contributed by atoms with Gasteiger partial charge in [0.15, 0.2) is 5.82 Å². The predicted molar refractivity (Wildman–Crippen MR) is 151 cm³/mol. The Morgan fingerprint density at radius 1 is 1.12 bits per heavy atom. The third kappa shape index (κ3) is 9.75. The van der Waals surface area contributed by atoms with Crippen molar-refractivity contribution < 1.29 is 22.7 Å². The quantitative estimate of drug-likeness (QED) is 0.233. The lowest BCUT2D eigenvalue weighted by Gasteiger charge is -2.20. The summed E-state index contributed by atoms with van der Waals surface area (Å²) in [5.74, 6) is -0.946. The second-order valence-corrected chi connectivity index (χ2v) is 10.6. The predicted octanol–water partition coefficient (Wildman–Crippen LogP) is 5.41. The number of anilines is 2. The minimum absolute atomic E-state index is 0.0424. The van der Waals surface area contributed by atoms with E-state index in [4.69, 9.17) is 39.5 Å². The van der Waals surface area contributed by atoms with Gasteiger partial charge >= 0.3 is 18.2 Å². The molecule has 0 radical (unpaired) electrons. The normalized spacial score (nSPS) is 12.0. The van der Waals surface area contributed by atoms with Crippen LogP contribution in [0.15, 0.2) is 16.9 Å². The van der Waals surface area contributed by atoms with Crippen molar-refractivity contribution in [2.45, 2.75) is 65.4 Å². The van der Waals surface area contributed by atoms with Gasteiger partial charge in [-0.25, -0.2) is 13.8 Å². The average molecular weight is 642 g/mol. The summed E-state index contributed by atoms with van der Waals surface area (Å²) in [6, 6.07) is 2.03. The molecule has 0 aliphatic carbocycles. The molecule has 2 heterocycles. The lowest BCUT2D eigenvalue weighted by atomic mass is 10.1. The van der Waals surface area contributed by atoms with E-state index in [1.165, 1.54) is 6.92 Å². The molecule has 2 N–H and O–H groups in total. The molecule has 0 saturated carbocycles. The van der Waals surface area contributed by atoms with Crippen LogP contribution in [0.5, 0.6) is 0 Å². The van der Waals surface area contributed by atoms with Crippen LogP contribution in [-0.4, -0.2) is 59.3 Å². The summed E-state index contributed by atoms with van der Waals surface area (Å²) in [6.45, 7) is 8.59. The number of carbonyl (C=O) groups is 1. The second kappa shape index (κ2) is 14.7. The van der Waals surface area contributed by atoms with E-state index in [1.807, 2.05) is 27.7 Å². The van der Waals surface area contributed by atoms with E-state index in [0.29, 0.717) is 16.6 Å². The van der Waals surface area contributed by atoms with Crippen LogP contribution in [0.3, 0.4) is 0 Å². The lowest BCUT2D eigenvalue weighted by molar-refractivity contribution is -0.142. The Balaban J connectivity index is 0.000000333. The standard InChI is InChI=1S/C15H14Cl2F3N3O3.C9H16ClN5/c1-3-26-13(24)10(17)4-8-5-12(11(18)6-9(8)16)23-15(25)22(14(19)20)7(2)21-23;1-5-11-7-12-6(10)13-8(14-7)15-9(2,3)4/h5-6,10,14H,3-4H2,1-2H3;5H2,1-4H3,(H2,11,12,13,14,15). The van der Waals surface area contributed by atoms with Gasteiger partial charge in [-0.15, -0.1) is 16.7 Å². The van der Waals surface area contributed by atoms with Gasteiger partial charge in [-0.2, -0.15) is 28.4 Å². The first-order valence-electron chi connectivity index (χ1n) is 12.3. The topological polar surface area (TPSA) is 129 Å². The number of carbonyl (C=O) groups excluding carboxylic acids is 1. The first-order valence-corrected chi connectivity index (χ1v) is 13.5. The monoisotopic (exact) mass is 640 g/mol. The maximum atomic E-state index is 14.2. The number of hydrogen-bond acceptors (Lipinski definition) is 9. The number of ether oxygens (including phenoxy) is 1. The molecule has 226 valence electrons. The number of esters is 1. The van der Waals surface area contributed by atoms with Crippen LogP contribution in [0.1, 0.15) is 52.6 Å². The van der Waals surface area contributed by atoms with Crippen LogP contribution in [0, 0.1) is 12.7 Å². The van der Waals surface area contributed by atoms with Crippen LogP contribution in [0.25, 0.3) is 5.69 Å². The first kappa shape index (κ1) is 34.1. The molecule has 0 fully saturated rings. The number of benzene rings is 1. The largest absolute Gasteiger partial charge is 0.465 e. The molecular weight excluding hydrogens is 612 g/mol. The average Bonchev–Trinajstić information content (AvgIpc) is 3.13. The SMILES string of the molecule is CCNc1nc(Cl)nc(NC(C)(C)C)n1.CCOC(=O)C(Cl)Cc1cc(-n2nc(C)n(C(F)F)c2=O)c(F)cc1Cl. The van der Waals surface area contributed by atoms with Gasteiger partial charge in [-0.1, -0.05) is 11.6 Å². The van der Waals surface area contributed by atoms with E-state index in [0.717, 1.165) is 18.7 Å². The van der Waals surface area contributed by atoms with Crippen molar-refractivity contribution in [1.82, 2.24) is 29.3 Å². The molecular formula is C24H30Cl3F3N8O3. The zero-order valence-electron chi connectivity index (χ0n) is 23.1. The molecule has 41 heavy (non-hydrogen) atoms. The van der Waals surface area contributed by atoms with Crippen molar-refractivity contribution in [1.29, 1.82) is 0 Å². The van der Waals surface area contributed by atoms with Crippen LogP contribution in [0.2, 0.25) is 10.3 Å². The fourth-order valence-corrected chi connectivity index (χ4v) is 3.86. The molecule has 17 heteroatoms. The van der Waals surface area contributed by atoms with Gasteiger partial charge in [0.2, 0.25) is 17.2 Å². The second-order valence-electron chi connectivity index (χ2n) is 9.36. The summed E-state index contributed by atoms with van der Waals surface area (Å²) in [5, 5.41) is 8.83. The van der Waals surface area contributed by atoms with Gasteiger partial charge in [0.25, 0.3) is 0 Å². The van der Waals surface area contributed by atoms with E-state index in [-0.39, 0.29) is 50.5 Å². The molecule has 0 aliphatic heterocycles. The Kier molecular flexibility index (Phi) is 12.2. The van der Waals surface area contributed by atoms with Crippen molar-refractivity contribution in [3.63, 3.8) is 0 Å². The summed E-state index contributed by atoms with van der Waals surface area (Å²) in [5.41, 5.74) is -1.47. The van der Waals surface area contributed by atoms with Gasteiger partial charge in [-0.05, 0) is 70.8 Å². The van der Waals surface area contributed by atoms with Crippen molar-refractivity contribution in [2.75, 3.05) is 23.8 Å². The number of aromatic nitrogens is 6. The summed E-state index contributed by atoms with van der Waals surface area (Å²) in [4.78, 5) is 35.8. The number of alkyl halides is 3. The molecule has 0 saturated heterocycles. The van der Waals surface area contributed by atoms with Gasteiger partial charge in [-0.3, -0.25) is 4.79 Å². The number of halogens is 6. The summed E-state index contributed by atoms with van der Waals surface area (Å²) in [7, 11) is 0. The zero-order chi connectivity index (χ0) is 31.1. The molecule has 0 bridgehead atoms. The highest BCUT2D eigenvalue weighted by Gasteiger charge is 2.23. The van der Waals surface area contributed by atoms with Gasteiger partial charge in [0, 0.05) is 23.5 Å². The fourth-order valence-electron chi connectivity index (χ4n) is 3.24. The van der Waals surface area contributed by atoms with Gasteiger partial charge in [0.1, 0.15) is 16.9 Å². The molecule has 0 spiro atoms. The smallest absolute Gasteiger partial charge is 0.355 e. The molecule has 3 rings (SSSR count). The minimum Gasteiger partial charge on any atom is -0.465 e. The molecule has 3 aromatic rings. The summed E-state index contributed by atoms with van der Waals surface area (Å²) in [6.07, 6.45) is -0.115. The molecule has 1 unspecified atom stereocenters. The van der Waals surface area contributed by atoms with Gasteiger partial charge < -0.3 is 15.4 Å². The first-order chi connectivity index (χ1) is 19.1. The Morgan fingerprint density at radius 3 is 2.29 bits per heavy atom. The summed E-state index contributed by atoms with van der Waals surface area (Å²) >= 11 is 17.7. The van der Waals surface area contributed by atoms with E-state index < -0.39 is 29.4 Å². The van der Waals surface area contributed by atoms with Crippen molar-refractivity contribution >= 4 is 52.7 Å². The zero-order valence-corrected chi connectivity index (χ0v) is 25.4. The van der Waals surface area contributed by atoms with E-state index >= 15 is 0 Å². The molecule has 1 atom stereocenters. The number of aryl methyl sites for hydroxylation is 1. The summed E-state index contributed by atoms with van der Waals surface area (Å²) < 4.78 is 45.5. The van der Waals surface area contributed by atoms with Crippen LogP contribution < -0.4 is 16.3 Å². The molecule has 0 aliphatic rings. The van der Waals surface area contributed by atoms with Crippen LogP contribution in [0.4, 0.5) is 25.1 Å². The van der Waals surface area contributed by atoms with Crippen molar-refractivity contribution in [3.8, 4) is 5.69 Å². The Hall–Kier alpha value is -3.10.